The van der Waals surface area contributed by atoms with E-state index in [2.05, 4.69) is 0 Å². The zero-order valence-corrected chi connectivity index (χ0v) is 10.8. The summed E-state index contributed by atoms with van der Waals surface area (Å²) in [6.45, 7) is 0. The van der Waals surface area contributed by atoms with Gasteiger partial charge < -0.3 is 9.84 Å². The molecule has 21 heavy (non-hydrogen) atoms. The van der Waals surface area contributed by atoms with E-state index in [1.54, 1.807) is 0 Å². The minimum absolute atomic E-state index is 0.377. The summed E-state index contributed by atoms with van der Waals surface area (Å²) in [5, 5.41) is 8.92. The summed E-state index contributed by atoms with van der Waals surface area (Å²) in [7, 11) is 1.41. The number of hydrogen-bond acceptors (Lipinski definition) is 2. The lowest BCUT2D eigenvalue weighted by Gasteiger charge is -2.31. The smallest absolute Gasteiger partial charge is 0.426 e. The summed E-state index contributed by atoms with van der Waals surface area (Å²) in [6, 6.07) is 5.91. The van der Waals surface area contributed by atoms with Crippen LogP contribution in [0.4, 0.5) is 26.3 Å². The monoisotopic (exact) mass is 314 g/mol. The lowest BCUT2D eigenvalue weighted by molar-refractivity contribution is -0.366. The van der Waals surface area contributed by atoms with Gasteiger partial charge in [0.05, 0.1) is 7.11 Å². The zero-order valence-electron chi connectivity index (χ0n) is 10.8. The van der Waals surface area contributed by atoms with E-state index < -0.39 is 24.4 Å². The molecule has 0 aromatic heterocycles. The highest BCUT2D eigenvalue weighted by Crippen LogP contribution is 2.45. The molecule has 0 aliphatic rings. The Morgan fingerprint density at radius 1 is 1.00 bits per heavy atom. The van der Waals surface area contributed by atoms with Crippen LogP contribution >= 0.6 is 0 Å². The molecule has 0 aliphatic heterocycles. The Bertz CT molecular complexity index is 473. The van der Waals surface area contributed by atoms with Crippen LogP contribution in [0.5, 0.6) is 5.75 Å². The van der Waals surface area contributed by atoms with Crippen LogP contribution in [-0.2, 0) is 0 Å². The number of ether oxygens (including phenoxy) is 1. The van der Waals surface area contributed by atoms with Crippen LogP contribution < -0.4 is 4.74 Å². The van der Waals surface area contributed by atoms with Gasteiger partial charge in [-0.25, -0.2) is 0 Å². The molecule has 0 aliphatic carbocycles. The van der Waals surface area contributed by atoms with Crippen LogP contribution in [-0.4, -0.2) is 30.2 Å². The van der Waals surface area contributed by atoms with Crippen molar-refractivity contribution in [1.82, 2.24) is 0 Å². The summed E-state index contributed by atoms with van der Waals surface area (Å²) in [5.41, 5.74) is -4.38. The lowest BCUT2D eigenvalue weighted by Crippen LogP contribution is -2.56. The molecule has 1 aromatic rings. The van der Waals surface area contributed by atoms with Crippen molar-refractivity contribution in [3.63, 3.8) is 0 Å². The van der Waals surface area contributed by atoms with Gasteiger partial charge in [-0.1, -0.05) is 24.3 Å². The average Bonchev–Trinajstić information content (AvgIpc) is 2.36. The zero-order chi connectivity index (χ0) is 16.3. The molecule has 0 unspecified atom stereocenters. The van der Waals surface area contributed by atoms with E-state index in [4.69, 9.17) is 9.84 Å². The van der Waals surface area contributed by atoms with E-state index in [0.29, 0.717) is 17.4 Å². The van der Waals surface area contributed by atoms with Gasteiger partial charge in [-0.2, -0.15) is 26.3 Å². The Morgan fingerprint density at radius 2 is 1.48 bits per heavy atom. The van der Waals surface area contributed by atoms with Crippen molar-refractivity contribution in [2.45, 2.75) is 24.4 Å². The molecule has 0 spiro atoms. The van der Waals surface area contributed by atoms with Crippen molar-refractivity contribution < 1.29 is 36.2 Å². The molecule has 0 atom stereocenters. The van der Waals surface area contributed by atoms with Crippen molar-refractivity contribution in [3.8, 4) is 5.75 Å². The number of hydrogen-bond donors (Lipinski definition) is 1. The highest BCUT2D eigenvalue weighted by Gasteiger charge is 2.69. The van der Waals surface area contributed by atoms with Gasteiger partial charge in [-0.05, 0) is 17.7 Å². The summed E-state index contributed by atoms with van der Waals surface area (Å²) >= 11 is 0. The second-order valence-electron chi connectivity index (χ2n) is 4.24. The summed E-state index contributed by atoms with van der Waals surface area (Å²) < 4.78 is 79.3. The first-order valence-electron chi connectivity index (χ1n) is 5.68. The first kappa shape index (κ1) is 17.4. The van der Waals surface area contributed by atoms with E-state index in [-0.39, 0.29) is 0 Å². The molecule has 0 fully saturated rings. The van der Waals surface area contributed by atoms with E-state index in [1.807, 2.05) is 0 Å². The summed E-state index contributed by atoms with van der Waals surface area (Å²) in [5.74, 6) is 0.495. The Morgan fingerprint density at radius 3 is 1.86 bits per heavy atom. The molecule has 8 heteroatoms. The Labute approximate surface area is 116 Å². The molecule has 0 saturated carbocycles. The van der Waals surface area contributed by atoms with Crippen LogP contribution in [0, 0.1) is 0 Å². The van der Waals surface area contributed by atoms with Gasteiger partial charge in [0.2, 0.25) is 0 Å². The number of alkyl halides is 6. The van der Waals surface area contributed by atoms with Crippen molar-refractivity contribution >= 4 is 6.08 Å². The average molecular weight is 314 g/mol. The van der Waals surface area contributed by atoms with E-state index >= 15 is 0 Å². The molecule has 0 amide bonds. The number of aliphatic hydroxyl groups is 1. The molecule has 2 nitrogen and oxygen atoms in total. The minimum Gasteiger partial charge on any atom is -0.497 e. The number of halogens is 6. The van der Waals surface area contributed by atoms with Crippen molar-refractivity contribution in [1.29, 1.82) is 0 Å². The van der Waals surface area contributed by atoms with Crippen LogP contribution in [0.1, 0.15) is 12.0 Å². The molecule has 0 radical (unpaired) electrons. The normalized spacial score (nSPS) is 13.7. The van der Waals surface area contributed by atoms with Crippen LogP contribution in [0.25, 0.3) is 6.08 Å². The first-order valence-corrected chi connectivity index (χ1v) is 5.68. The summed E-state index contributed by atoms with van der Waals surface area (Å²) in [6.07, 6.45) is -11.6. The highest BCUT2D eigenvalue weighted by molar-refractivity contribution is 5.50. The second-order valence-corrected chi connectivity index (χ2v) is 4.24. The molecule has 0 saturated heterocycles. The van der Waals surface area contributed by atoms with Gasteiger partial charge in [0, 0.05) is 6.42 Å². The fourth-order valence-corrected chi connectivity index (χ4v) is 1.47. The Hall–Kier alpha value is -1.70. The third kappa shape index (κ3) is 3.90. The number of rotatable bonds is 4. The number of methoxy groups -OCH3 is 1. The molecular formula is C13H12F6O2. The quantitative estimate of drug-likeness (QED) is 0.853. The Kier molecular flexibility index (Phi) is 4.93. The fraction of sp³-hybridized carbons (Fsp3) is 0.385. The second kappa shape index (κ2) is 5.97. The third-order valence-electron chi connectivity index (χ3n) is 2.78. The SMILES string of the molecule is COc1ccc(/C=C/CC(O)(C(F)(F)F)C(F)(F)F)cc1. The van der Waals surface area contributed by atoms with Crippen molar-refractivity contribution in [2.75, 3.05) is 7.11 Å². The maximum absolute atomic E-state index is 12.4. The van der Waals surface area contributed by atoms with Gasteiger partial charge in [0.25, 0.3) is 5.60 Å². The molecule has 118 valence electrons. The van der Waals surface area contributed by atoms with Crippen molar-refractivity contribution in [3.05, 3.63) is 35.9 Å². The van der Waals surface area contributed by atoms with Gasteiger partial charge in [0.15, 0.2) is 0 Å². The lowest BCUT2D eigenvalue weighted by atomic mass is 9.97. The number of benzene rings is 1. The van der Waals surface area contributed by atoms with Crippen LogP contribution in [0.2, 0.25) is 0 Å². The molecule has 1 N–H and O–H groups in total. The maximum Gasteiger partial charge on any atom is 0.426 e. The predicted octanol–water partition coefficient (Wildman–Crippen LogP) is 3.95. The fourth-order valence-electron chi connectivity index (χ4n) is 1.47. The molecule has 1 aromatic carbocycles. The molecular weight excluding hydrogens is 302 g/mol. The molecule has 0 heterocycles. The van der Waals surface area contributed by atoms with E-state index in [9.17, 15) is 26.3 Å². The topological polar surface area (TPSA) is 29.5 Å². The summed E-state index contributed by atoms with van der Waals surface area (Å²) in [4.78, 5) is 0. The Balaban J connectivity index is 2.89. The molecule has 0 bridgehead atoms. The van der Waals surface area contributed by atoms with Crippen LogP contribution in [0.3, 0.4) is 0 Å². The molecule has 1 rings (SSSR count). The maximum atomic E-state index is 12.4. The predicted molar refractivity (Wildman–Crippen MR) is 63.7 cm³/mol. The van der Waals surface area contributed by atoms with Gasteiger partial charge in [-0.15, -0.1) is 0 Å². The standard InChI is InChI=1S/C13H12F6O2/c1-21-10-6-4-9(5-7-10)3-2-8-11(20,12(14,15)16)13(17,18)19/h2-7,20H,8H2,1H3/b3-2+. The highest BCUT2D eigenvalue weighted by atomic mass is 19.4. The van der Waals surface area contributed by atoms with Gasteiger partial charge in [-0.3, -0.25) is 0 Å². The van der Waals surface area contributed by atoms with E-state index in [1.165, 1.54) is 31.4 Å². The van der Waals surface area contributed by atoms with E-state index in [0.717, 1.165) is 6.08 Å². The van der Waals surface area contributed by atoms with Crippen LogP contribution in [0.15, 0.2) is 30.3 Å². The van der Waals surface area contributed by atoms with Gasteiger partial charge >= 0.3 is 12.4 Å². The van der Waals surface area contributed by atoms with Gasteiger partial charge in [0.1, 0.15) is 5.75 Å². The van der Waals surface area contributed by atoms with Crippen molar-refractivity contribution in [2.24, 2.45) is 0 Å². The third-order valence-corrected chi connectivity index (χ3v) is 2.78. The first-order chi connectivity index (χ1) is 9.51. The largest absolute Gasteiger partial charge is 0.497 e. The minimum atomic E-state index is -5.81.